The van der Waals surface area contributed by atoms with E-state index in [0.29, 0.717) is 17.9 Å². The number of aromatic nitrogens is 2. The van der Waals surface area contributed by atoms with E-state index in [9.17, 15) is 4.79 Å². The number of ether oxygens (including phenoxy) is 2. The second-order valence-corrected chi connectivity index (χ2v) is 7.26. The van der Waals surface area contributed by atoms with Gasteiger partial charge in [-0.2, -0.15) is 0 Å². The van der Waals surface area contributed by atoms with Crippen molar-refractivity contribution in [2.45, 2.75) is 13.5 Å². The van der Waals surface area contributed by atoms with Crippen LogP contribution >= 0.6 is 0 Å². The number of nitrogens with zero attached hydrogens (tertiary/aromatic N) is 3. The number of hydrogen-bond acceptors (Lipinski definition) is 5. The zero-order valence-corrected chi connectivity index (χ0v) is 17.3. The normalized spacial score (nSPS) is 13.9. The number of rotatable bonds is 6. The topological polar surface area (TPSA) is 68.6 Å². The van der Waals surface area contributed by atoms with Crippen molar-refractivity contribution in [3.05, 3.63) is 71.8 Å². The average Bonchev–Trinajstić information content (AvgIpc) is 3.23. The third-order valence-electron chi connectivity index (χ3n) is 5.17. The van der Waals surface area contributed by atoms with Crippen molar-refractivity contribution in [1.82, 2.24) is 14.9 Å². The first-order chi connectivity index (χ1) is 14.6. The average molecular weight is 406 g/mol. The zero-order valence-electron chi connectivity index (χ0n) is 17.3. The predicted octanol–water partition coefficient (Wildman–Crippen LogP) is 2.96. The molecule has 1 aliphatic rings. The van der Waals surface area contributed by atoms with Gasteiger partial charge in [-0.15, -0.1) is 0 Å². The fourth-order valence-electron chi connectivity index (χ4n) is 3.55. The van der Waals surface area contributed by atoms with E-state index in [0.717, 1.165) is 48.9 Å². The SMILES string of the molecule is COc1cc(C(=O)NCc2cccc(N3CCOCC3)c2)ccc1-n1cnc(C)c1. The third kappa shape index (κ3) is 4.46. The summed E-state index contributed by atoms with van der Waals surface area (Å²) in [5.41, 5.74) is 4.53. The van der Waals surface area contributed by atoms with Crippen molar-refractivity contribution >= 4 is 11.6 Å². The molecule has 1 fully saturated rings. The summed E-state index contributed by atoms with van der Waals surface area (Å²) in [7, 11) is 1.60. The van der Waals surface area contributed by atoms with Crippen molar-refractivity contribution in [3.8, 4) is 11.4 Å². The number of carbonyl (C=O) groups excluding carboxylic acids is 1. The van der Waals surface area contributed by atoms with Crippen molar-refractivity contribution in [2.24, 2.45) is 0 Å². The molecule has 156 valence electrons. The van der Waals surface area contributed by atoms with E-state index >= 15 is 0 Å². The van der Waals surface area contributed by atoms with Crippen LogP contribution in [-0.4, -0.2) is 48.9 Å². The number of imidazole rings is 1. The number of amides is 1. The number of benzene rings is 2. The molecule has 1 N–H and O–H groups in total. The number of hydrogen-bond donors (Lipinski definition) is 1. The molecule has 1 aliphatic heterocycles. The van der Waals surface area contributed by atoms with Crippen LogP contribution in [0.25, 0.3) is 5.69 Å². The lowest BCUT2D eigenvalue weighted by atomic mass is 10.1. The molecule has 0 spiro atoms. The van der Waals surface area contributed by atoms with E-state index in [1.807, 2.05) is 35.9 Å². The fraction of sp³-hybridized carbons (Fsp3) is 0.304. The highest BCUT2D eigenvalue weighted by Crippen LogP contribution is 2.24. The second kappa shape index (κ2) is 9.00. The van der Waals surface area contributed by atoms with Gasteiger partial charge in [0.1, 0.15) is 5.75 Å². The Balaban J connectivity index is 1.44. The molecule has 0 saturated carbocycles. The first-order valence-electron chi connectivity index (χ1n) is 10.0. The Labute approximate surface area is 176 Å². The van der Waals surface area contributed by atoms with E-state index in [1.165, 1.54) is 0 Å². The summed E-state index contributed by atoms with van der Waals surface area (Å²) in [6.45, 7) is 5.66. The van der Waals surface area contributed by atoms with Gasteiger partial charge in [-0.3, -0.25) is 4.79 Å². The van der Waals surface area contributed by atoms with Gasteiger partial charge in [-0.1, -0.05) is 12.1 Å². The van der Waals surface area contributed by atoms with E-state index in [2.05, 4.69) is 27.3 Å². The largest absolute Gasteiger partial charge is 0.495 e. The van der Waals surface area contributed by atoms with E-state index < -0.39 is 0 Å². The quantitative estimate of drug-likeness (QED) is 0.682. The van der Waals surface area contributed by atoms with Gasteiger partial charge >= 0.3 is 0 Å². The minimum Gasteiger partial charge on any atom is -0.495 e. The van der Waals surface area contributed by atoms with Gasteiger partial charge in [0.2, 0.25) is 0 Å². The molecule has 4 rings (SSSR count). The highest BCUT2D eigenvalue weighted by Gasteiger charge is 2.13. The van der Waals surface area contributed by atoms with E-state index in [-0.39, 0.29) is 5.91 Å². The smallest absolute Gasteiger partial charge is 0.251 e. The Hall–Kier alpha value is -3.32. The molecule has 1 amide bonds. The van der Waals surface area contributed by atoms with Crippen LogP contribution in [0.5, 0.6) is 5.75 Å². The van der Waals surface area contributed by atoms with Crippen LogP contribution < -0.4 is 15.0 Å². The Bertz CT molecular complexity index is 1020. The van der Waals surface area contributed by atoms with Crippen molar-refractivity contribution in [2.75, 3.05) is 38.3 Å². The summed E-state index contributed by atoms with van der Waals surface area (Å²) >= 11 is 0. The standard InChI is InChI=1S/C23H26N4O3/c1-17-15-27(16-25-17)21-7-6-19(13-22(21)29-2)23(28)24-14-18-4-3-5-20(12-18)26-8-10-30-11-9-26/h3-7,12-13,15-16H,8-11,14H2,1-2H3,(H,24,28). The Morgan fingerprint density at radius 1 is 1.20 bits per heavy atom. The summed E-state index contributed by atoms with van der Waals surface area (Å²) in [4.78, 5) is 19.3. The third-order valence-corrected chi connectivity index (χ3v) is 5.17. The molecule has 0 aliphatic carbocycles. The molecule has 2 heterocycles. The molecule has 1 aromatic heterocycles. The summed E-state index contributed by atoms with van der Waals surface area (Å²) in [6, 6.07) is 13.7. The van der Waals surface area contributed by atoms with E-state index in [1.54, 1.807) is 25.6 Å². The van der Waals surface area contributed by atoms with Gasteiger partial charge < -0.3 is 24.3 Å². The first kappa shape index (κ1) is 20.0. The number of carbonyl (C=O) groups is 1. The number of nitrogens with one attached hydrogen (secondary N) is 1. The van der Waals surface area contributed by atoms with Gasteiger partial charge in [0, 0.05) is 37.1 Å². The van der Waals surface area contributed by atoms with Crippen LogP contribution in [0, 0.1) is 6.92 Å². The lowest BCUT2D eigenvalue weighted by Gasteiger charge is -2.29. The zero-order chi connectivity index (χ0) is 20.9. The molecular formula is C23H26N4O3. The molecule has 30 heavy (non-hydrogen) atoms. The summed E-state index contributed by atoms with van der Waals surface area (Å²) < 4.78 is 12.8. The monoisotopic (exact) mass is 406 g/mol. The number of anilines is 1. The predicted molar refractivity (Wildman–Crippen MR) is 115 cm³/mol. The molecule has 2 aromatic carbocycles. The van der Waals surface area contributed by atoms with Gasteiger partial charge in [-0.05, 0) is 42.8 Å². The van der Waals surface area contributed by atoms with Crippen molar-refractivity contribution < 1.29 is 14.3 Å². The lowest BCUT2D eigenvalue weighted by Crippen LogP contribution is -2.36. The van der Waals surface area contributed by atoms with Gasteiger partial charge in [0.15, 0.2) is 0 Å². The molecule has 1 saturated heterocycles. The Morgan fingerprint density at radius 3 is 2.77 bits per heavy atom. The van der Waals surface area contributed by atoms with Crippen LogP contribution in [0.1, 0.15) is 21.6 Å². The van der Waals surface area contributed by atoms with Crippen LogP contribution in [0.4, 0.5) is 5.69 Å². The maximum atomic E-state index is 12.7. The first-order valence-corrected chi connectivity index (χ1v) is 10.0. The lowest BCUT2D eigenvalue weighted by molar-refractivity contribution is 0.0950. The number of aryl methyl sites for hydroxylation is 1. The summed E-state index contributed by atoms with van der Waals surface area (Å²) in [5.74, 6) is 0.479. The molecule has 7 nitrogen and oxygen atoms in total. The molecule has 7 heteroatoms. The van der Waals surface area contributed by atoms with Crippen LogP contribution in [0.2, 0.25) is 0 Å². The van der Waals surface area contributed by atoms with Gasteiger partial charge in [0.05, 0.1) is 38.0 Å². The van der Waals surface area contributed by atoms with Crippen LogP contribution in [0.3, 0.4) is 0 Å². The Morgan fingerprint density at radius 2 is 2.03 bits per heavy atom. The van der Waals surface area contributed by atoms with Gasteiger partial charge in [0.25, 0.3) is 5.91 Å². The molecule has 0 bridgehead atoms. The van der Waals surface area contributed by atoms with Crippen molar-refractivity contribution in [1.29, 1.82) is 0 Å². The second-order valence-electron chi connectivity index (χ2n) is 7.26. The molecular weight excluding hydrogens is 380 g/mol. The van der Waals surface area contributed by atoms with E-state index in [4.69, 9.17) is 9.47 Å². The highest BCUT2D eigenvalue weighted by molar-refractivity contribution is 5.95. The van der Waals surface area contributed by atoms with Gasteiger partial charge in [-0.25, -0.2) is 4.98 Å². The minimum absolute atomic E-state index is 0.140. The highest BCUT2D eigenvalue weighted by atomic mass is 16.5. The minimum atomic E-state index is -0.140. The van der Waals surface area contributed by atoms with Crippen LogP contribution in [-0.2, 0) is 11.3 Å². The molecule has 0 unspecified atom stereocenters. The number of methoxy groups -OCH3 is 1. The maximum Gasteiger partial charge on any atom is 0.251 e. The fourth-order valence-corrected chi connectivity index (χ4v) is 3.55. The maximum absolute atomic E-state index is 12.7. The molecule has 0 radical (unpaired) electrons. The summed E-state index contributed by atoms with van der Waals surface area (Å²) in [6.07, 6.45) is 3.65. The summed E-state index contributed by atoms with van der Waals surface area (Å²) in [5, 5.41) is 3.00. The number of morpholine rings is 1. The Kier molecular flexibility index (Phi) is 5.99. The molecule has 0 atom stereocenters. The van der Waals surface area contributed by atoms with Crippen LogP contribution in [0.15, 0.2) is 55.0 Å². The molecule has 3 aromatic rings. The van der Waals surface area contributed by atoms with Crippen molar-refractivity contribution in [3.63, 3.8) is 0 Å².